The van der Waals surface area contributed by atoms with E-state index in [-0.39, 0.29) is 41.3 Å². The van der Waals surface area contributed by atoms with Crippen molar-refractivity contribution in [1.82, 2.24) is 0 Å². The smallest absolute Gasteiger partial charge is 0.302 e. The molecule has 0 aromatic carbocycles. The summed E-state index contributed by atoms with van der Waals surface area (Å²) in [6, 6.07) is 0. The van der Waals surface area contributed by atoms with Crippen LogP contribution in [0.4, 0.5) is 0 Å². The first kappa shape index (κ1) is 26.3. The maximum Gasteiger partial charge on any atom is 0.302 e. The minimum Gasteiger partial charge on any atom is -0.463 e. The van der Waals surface area contributed by atoms with Crippen molar-refractivity contribution < 1.29 is 23.8 Å². The number of ether oxygens (including phenoxy) is 3. The van der Waals surface area contributed by atoms with Crippen molar-refractivity contribution in [1.29, 1.82) is 0 Å². The Morgan fingerprint density at radius 1 is 1.06 bits per heavy atom. The maximum absolute atomic E-state index is 14.7. The van der Waals surface area contributed by atoms with Crippen LogP contribution in [0.3, 0.4) is 0 Å². The van der Waals surface area contributed by atoms with Crippen molar-refractivity contribution in [2.24, 2.45) is 52.3 Å². The van der Waals surface area contributed by atoms with Crippen LogP contribution in [0.5, 0.6) is 0 Å². The molecule has 202 valence electrons. The number of Topliss-reactive ketones (excluding diaryl/α,β-unsaturated/α-hetero) is 1. The average Bonchev–Trinajstić information content (AvgIpc) is 3.25. The molecule has 0 aromatic heterocycles. The van der Waals surface area contributed by atoms with Crippen molar-refractivity contribution in [2.45, 2.75) is 107 Å². The summed E-state index contributed by atoms with van der Waals surface area (Å²) in [5.41, 5.74) is -0.413. The Hall–Kier alpha value is 0.0200. The predicted octanol–water partition coefficient (Wildman–Crippen LogP) is 6.64. The van der Waals surface area contributed by atoms with Crippen LogP contribution in [0.2, 0.25) is 0 Å². The lowest BCUT2D eigenvalue weighted by Gasteiger charge is -2.64. The van der Waals surface area contributed by atoms with Crippen molar-refractivity contribution in [3.63, 3.8) is 0 Å². The highest BCUT2D eigenvalue weighted by Crippen LogP contribution is 2.74. The summed E-state index contributed by atoms with van der Waals surface area (Å²) in [4.78, 5) is 26.3. The van der Waals surface area contributed by atoms with E-state index in [0.29, 0.717) is 29.5 Å². The van der Waals surface area contributed by atoms with Gasteiger partial charge in [0.1, 0.15) is 9.34 Å². The monoisotopic (exact) mass is 628 g/mol. The van der Waals surface area contributed by atoms with Crippen LogP contribution < -0.4 is 0 Å². The summed E-state index contributed by atoms with van der Waals surface area (Å²) in [6.07, 6.45) is 8.16. The zero-order valence-electron chi connectivity index (χ0n) is 22.4. The standard InChI is InChI=1S/C29H42Br2O5/c1-15-8-11-28(34-14-15)16(2)23-22(36-28)13-21-20-7-6-18-12-19(35-17(3)32)9-10-26(18,4)24(20)29(30,31)25(33)27(21,23)5/h15-16,18-24H,6-14H2,1-5H3/t15-,16-,18-,19-,20-,21-,22-,23-,24-,26-,27-,28+/m0/s1. The van der Waals surface area contributed by atoms with E-state index in [4.69, 9.17) is 14.2 Å². The average molecular weight is 630 g/mol. The van der Waals surface area contributed by atoms with Gasteiger partial charge in [0.05, 0.1) is 12.7 Å². The van der Waals surface area contributed by atoms with Crippen molar-refractivity contribution in [2.75, 3.05) is 6.61 Å². The molecule has 2 aliphatic heterocycles. The van der Waals surface area contributed by atoms with E-state index in [1.54, 1.807) is 0 Å². The Balaban J connectivity index is 1.32. The van der Waals surface area contributed by atoms with Crippen LogP contribution in [0, 0.1) is 52.3 Å². The second-order valence-electron chi connectivity index (χ2n) is 13.7. The number of carbonyl (C=O) groups excluding carboxylic acids is 2. The van der Waals surface area contributed by atoms with Crippen LogP contribution in [0.25, 0.3) is 0 Å². The molecule has 2 heterocycles. The van der Waals surface area contributed by atoms with Crippen LogP contribution in [0.1, 0.15) is 86.0 Å². The number of esters is 1. The molecular formula is C29H42Br2O5. The molecule has 36 heavy (non-hydrogen) atoms. The second-order valence-corrected chi connectivity index (χ2v) is 17.3. The molecule has 0 radical (unpaired) electrons. The zero-order valence-corrected chi connectivity index (χ0v) is 25.5. The van der Waals surface area contributed by atoms with Crippen molar-refractivity contribution in [3.8, 4) is 0 Å². The van der Waals surface area contributed by atoms with E-state index < -0.39 is 14.4 Å². The lowest BCUT2D eigenvalue weighted by molar-refractivity contribution is -0.272. The van der Waals surface area contributed by atoms with Gasteiger partial charge in [-0.3, -0.25) is 9.59 Å². The second kappa shape index (κ2) is 8.51. The van der Waals surface area contributed by atoms with E-state index in [0.717, 1.165) is 58.0 Å². The normalized spacial score (nSPS) is 55.4. The van der Waals surface area contributed by atoms with E-state index in [9.17, 15) is 9.59 Å². The minimum atomic E-state index is -0.746. The third kappa shape index (κ3) is 3.43. The highest BCUT2D eigenvalue weighted by atomic mass is 79.9. The SMILES string of the molecule is CC(=O)O[C@H]1CC[C@@]2(C)[C@@H](CC[C@@H]3[C@@H]2C(Br)(Br)C(=O)[C@]2(C)[C@@H]4[C@H](C[C@@H]32)O[C@]2(CC[C@H](C)CO2)[C@H]4C)C1. The molecule has 4 aliphatic carbocycles. The fraction of sp³-hybridized carbons (Fsp3) is 0.931. The Kier molecular flexibility index (Phi) is 6.20. The molecule has 7 heteroatoms. The van der Waals surface area contributed by atoms with Gasteiger partial charge in [-0.05, 0) is 80.0 Å². The Labute approximate surface area is 232 Å². The van der Waals surface area contributed by atoms with Gasteiger partial charge in [-0.1, -0.05) is 59.6 Å². The van der Waals surface area contributed by atoms with Gasteiger partial charge in [-0.15, -0.1) is 0 Å². The van der Waals surface area contributed by atoms with E-state index in [2.05, 4.69) is 59.6 Å². The molecule has 6 aliphatic rings. The molecule has 12 atom stereocenters. The number of hydrogen-bond acceptors (Lipinski definition) is 5. The molecule has 0 N–H and O–H groups in total. The van der Waals surface area contributed by atoms with Gasteiger partial charge in [-0.2, -0.15) is 0 Å². The molecule has 0 aromatic rings. The van der Waals surface area contributed by atoms with Gasteiger partial charge in [0.2, 0.25) is 0 Å². The van der Waals surface area contributed by atoms with Crippen molar-refractivity contribution in [3.05, 3.63) is 0 Å². The summed E-state index contributed by atoms with van der Waals surface area (Å²) in [5.74, 6) is 2.03. The maximum atomic E-state index is 14.7. The summed E-state index contributed by atoms with van der Waals surface area (Å²) in [5, 5.41) is 0. The van der Waals surface area contributed by atoms with Gasteiger partial charge < -0.3 is 14.2 Å². The Morgan fingerprint density at radius 3 is 2.47 bits per heavy atom. The van der Waals surface area contributed by atoms with Crippen LogP contribution in [0.15, 0.2) is 0 Å². The number of rotatable bonds is 1. The van der Waals surface area contributed by atoms with E-state index >= 15 is 0 Å². The molecule has 4 saturated carbocycles. The summed E-state index contributed by atoms with van der Waals surface area (Å²) in [7, 11) is 0. The topological polar surface area (TPSA) is 61.8 Å². The largest absolute Gasteiger partial charge is 0.463 e. The molecular weight excluding hydrogens is 588 g/mol. The first-order valence-corrected chi connectivity index (χ1v) is 15.8. The third-order valence-electron chi connectivity index (χ3n) is 12.0. The van der Waals surface area contributed by atoms with E-state index in [1.807, 2.05) is 0 Å². The van der Waals surface area contributed by atoms with E-state index in [1.165, 1.54) is 6.92 Å². The molecule has 6 rings (SSSR count). The molecule has 6 fully saturated rings. The van der Waals surface area contributed by atoms with Gasteiger partial charge >= 0.3 is 5.97 Å². The van der Waals surface area contributed by atoms with Crippen LogP contribution in [-0.2, 0) is 23.8 Å². The highest BCUT2D eigenvalue weighted by Gasteiger charge is 2.76. The number of alkyl halides is 2. The van der Waals surface area contributed by atoms with Gasteiger partial charge in [-0.25, -0.2) is 0 Å². The summed E-state index contributed by atoms with van der Waals surface area (Å²) < 4.78 is 18.2. The molecule has 5 nitrogen and oxygen atoms in total. The number of ketones is 1. The fourth-order valence-electron chi connectivity index (χ4n) is 10.4. The van der Waals surface area contributed by atoms with Gasteiger partial charge in [0.25, 0.3) is 0 Å². The van der Waals surface area contributed by atoms with Crippen LogP contribution >= 0.6 is 31.9 Å². The first-order valence-electron chi connectivity index (χ1n) is 14.3. The Bertz CT molecular complexity index is 944. The molecule has 1 spiro atoms. The Morgan fingerprint density at radius 2 is 1.81 bits per heavy atom. The lowest BCUT2D eigenvalue weighted by atomic mass is 9.44. The van der Waals surface area contributed by atoms with Crippen molar-refractivity contribution >= 4 is 43.6 Å². The van der Waals surface area contributed by atoms with Gasteiger partial charge in [0, 0.05) is 30.6 Å². The minimum absolute atomic E-state index is 0.0104. The number of halogens is 2. The number of carbonyl (C=O) groups is 2. The zero-order chi connectivity index (χ0) is 25.8. The quantitative estimate of drug-likeness (QED) is 0.240. The third-order valence-corrected chi connectivity index (χ3v) is 13.7. The first-order chi connectivity index (χ1) is 16.8. The lowest BCUT2D eigenvalue weighted by Crippen LogP contribution is -2.66. The summed E-state index contributed by atoms with van der Waals surface area (Å²) in [6.45, 7) is 11.5. The molecule has 0 unspecified atom stereocenters. The number of hydrogen-bond donors (Lipinski definition) is 0. The molecule has 0 amide bonds. The van der Waals surface area contributed by atoms with Gasteiger partial charge in [0.15, 0.2) is 11.6 Å². The number of fused-ring (bicyclic) bond motifs is 7. The highest BCUT2D eigenvalue weighted by molar-refractivity contribution is 9.26. The summed E-state index contributed by atoms with van der Waals surface area (Å²) >= 11 is 8.09. The molecule has 2 saturated heterocycles. The van der Waals surface area contributed by atoms with Crippen LogP contribution in [-0.4, -0.2) is 39.6 Å². The molecule has 0 bridgehead atoms. The fourth-order valence-corrected chi connectivity index (χ4v) is 13.0. The predicted molar refractivity (Wildman–Crippen MR) is 144 cm³/mol.